The number of fused-ring (bicyclic) bond motifs is 1. The van der Waals surface area contributed by atoms with Gasteiger partial charge in [-0.15, -0.1) is 0 Å². The smallest absolute Gasteiger partial charge is 0.231 e. The van der Waals surface area contributed by atoms with E-state index < -0.39 is 0 Å². The van der Waals surface area contributed by atoms with Crippen molar-refractivity contribution in [3.63, 3.8) is 0 Å². The van der Waals surface area contributed by atoms with Gasteiger partial charge in [-0.25, -0.2) is 0 Å². The standard InChI is InChI=1S/C13H13ClN2O3/c1-6(2)11-12(8-4-10(15)16-19-8)7(14)3-9-13(11)18-5-17-9/h3-4,6H,5H2,1-2H3,(H2,15,16). The van der Waals surface area contributed by atoms with E-state index in [1.807, 2.05) is 0 Å². The predicted molar refractivity (Wildman–Crippen MR) is 71.6 cm³/mol. The van der Waals surface area contributed by atoms with E-state index in [0.29, 0.717) is 28.1 Å². The number of nitrogens with two attached hydrogens (primary N) is 1. The van der Waals surface area contributed by atoms with Crippen LogP contribution in [0.3, 0.4) is 0 Å². The quantitative estimate of drug-likeness (QED) is 0.912. The molecule has 0 atom stereocenters. The summed E-state index contributed by atoms with van der Waals surface area (Å²) in [4.78, 5) is 0. The molecule has 1 aliphatic heterocycles. The molecule has 0 saturated heterocycles. The molecule has 3 rings (SSSR count). The van der Waals surface area contributed by atoms with Gasteiger partial charge in [0.1, 0.15) is 0 Å². The van der Waals surface area contributed by atoms with Crippen LogP contribution in [0.15, 0.2) is 16.7 Å². The molecule has 0 radical (unpaired) electrons. The average Bonchev–Trinajstić information content (AvgIpc) is 2.95. The molecule has 0 spiro atoms. The highest BCUT2D eigenvalue weighted by Crippen LogP contribution is 2.48. The SMILES string of the molecule is CC(C)c1c2c(cc(Cl)c1-c1cc(N)no1)OCO2. The van der Waals surface area contributed by atoms with Gasteiger partial charge in [0.05, 0.1) is 5.02 Å². The fraction of sp³-hybridized carbons (Fsp3) is 0.308. The van der Waals surface area contributed by atoms with E-state index in [0.717, 1.165) is 11.1 Å². The number of ether oxygens (including phenoxy) is 2. The van der Waals surface area contributed by atoms with Gasteiger partial charge in [0.15, 0.2) is 23.1 Å². The van der Waals surface area contributed by atoms with Crippen molar-refractivity contribution < 1.29 is 14.0 Å². The number of benzene rings is 1. The van der Waals surface area contributed by atoms with Crippen LogP contribution in [0.5, 0.6) is 11.5 Å². The Morgan fingerprint density at radius 2 is 2.11 bits per heavy atom. The van der Waals surface area contributed by atoms with E-state index in [1.165, 1.54) is 0 Å². The lowest BCUT2D eigenvalue weighted by atomic mass is 9.94. The summed E-state index contributed by atoms with van der Waals surface area (Å²) in [5.41, 5.74) is 7.30. The van der Waals surface area contributed by atoms with E-state index in [2.05, 4.69) is 19.0 Å². The van der Waals surface area contributed by atoms with Gasteiger partial charge >= 0.3 is 0 Å². The lowest BCUT2D eigenvalue weighted by Crippen LogP contribution is -1.97. The van der Waals surface area contributed by atoms with Crippen molar-refractivity contribution in [1.29, 1.82) is 0 Å². The monoisotopic (exact) mass is 280 g/mol. The Hall–Kier alpha value is -1.88. The fourth-order valence-electron chi connectivity index (χ4n) is 2.24. The van der Waals surface area contributed by atoms with Crippen LogP contribution >= 0.6 is 11.6 Å². The first-order valence-corrected chi connectivity index (χ1v) is 6.30. The number of halogens is 1. The third-order valence-electron chi connectivity index (χ3n) is 3.00. The third kappa shape index (κ3) is 1.90. The molecule has 0 aliphatic carbocycles. The van der Waals surface area contributed by atoms with E-state index in [-0.39, 0.29) is 12.7 Å². The molecular formula is C13H13ClN2O3. The Labute approximate surface area is 115 Å². The zero-order valence-corrected chi connectivity index (χ0v) is 11.3. The topological polar surface area (TPSA) is 70.5 Å². The highest BCUT2D eigenvalue weighted by Gasteiger charge is 2.27. The summed E-state index contributed by atoms with van der Waals surface area (Å²) in [5.74, 6) is 2.41. The van der Waals surface area contributed by atoms with Gasteiger partial charge < -0.3 is 19.7 Å². The molecule has 100 valence electrons. The molecule has 5 nitrogen and oxygen atoms in total. The van der Waals surface area contributed by atoms with Gasteiger partial charge in [0, 0.05) is 23.3 Å². The summed E-state index contributed by atoms with van der Waals surface area (Å²) in [6.45, 7) is 4.31. The average molecular weight is 281 g/mol. The zero-order valence-electron chi connectivity index (χ0n) is 10.6. The lowest BCUT2D eigenvalue weighted by Gasteiger charge is -2.15. The summed E-state index contributed by atoms with van der Waals surface area (Å²) < 4.78 is 16.2. The van der Waals surface area contributed by atoms with E-state index in [4.69, 9.17) is 31.3 Å². The third-order valence-corrected chi connectivity index (χ3v) is 3.30. The molecule has 19 heavy (non-hydrogen) atoms. The molecule has 6 heteroatoms. The van der Waals surface area contributed by atoms with Gasteiger partial charge in [0.2, 0.25) is 6.79 Å². The van der Waals surface area contributed by atoms with Crippen LogP contribution in [0.4, 0.5) is 5.82 Å². The van der Waals surface area contributed by atoms with Gasteiger partial charge in [-0.2, -0.15) is 0 Å². The van der Waals surface area contributed by atoms with Crippen LogP contribution in [0.1, 0.15) is 25.3 Å². The fourth-order valence-corrected chi connectivity index (χ4v) is 2.54. The van der Waals surface area contributed by atoms with Gasteiger partial charge in [-0.05, 0) is 5.92 Å². The van der Waals surface area contributed by atoms with Crippen LogP contribution in [-0.2, 0) is 0 Å². The minimum absolute atomic E-state index is 0.190. The molecule has 2 heterocycles. The van der Waals surface area contributed by atoms with Crippen molar-refractivity contribution >= 4 is 17.4 Å². The molecule has 1 aliphatic rings. The zero-order chi connectivity index (χ0) is 13.6. The number of nitrogen functional groups attached to an aromatic ring is 1. The minimum atomic E-state index is 0.190. The van der Waals surface area contributed by atoms with Crippen molar-refractivity contribution in [2.75, 3.05) is 12.5 Å². The molecule has 2 aromatic rings. The maximum Gasteiger partial charge on any atom is 0.231 e. The summed E-state index contributed by atoms with van der Waals surface area (Å²) in [6, 6.07) is 3.37. The molecule has 1 aromatic heterocycles. The van der Waals surface area contributed by atoms with Crippen LogP contribution < -0.4 is 15.2 Å². The van der Waals surface area contributed by atoms with Crippen molar-refractivity contribution in [1.82, 2.24) is 5.16 Å². The van der Waals surface area contributed by atoms with E-state index >= 15 is 0 Å². The Bertz CT molecular complexity index is 637. The molecule has 0 fully saturated rings. The number of anilines is 1. The van der Waals surface area contributed by atoms with E-state index in [1.54, 1.807) is 12.1 Å². The van der Waals surface area contributed by atoms with Crippen LogP contribution in [-0.4, -0.2) is 11.9 Å². The number of aromatic nitrogens is 1. The van der Waals surface area contributed by atoms with Gasteiger partial charge in [-0.1, -0.05) is 30.6 Å². The first kappa shape index (κ1) is 12.2. The van der Waals surface area contributed by atoms with Crippen LogP contribution in [0.25, 0.3) is 11.3 Å². The van der Waals surface area contributed by atoms with E-state index in [9.17, 15) is 0 Å². The first-order chi connectivity index (χ1) is 9.08. The minimum Gasteiger partial charge on any atom is -0.454 e. The summed E-state index contributed by atoms with van der Waals surface area (Å²) >= 11 is 6.34. The summed E-state index contributed by atoms with van der Waals surface area (Å²) in [7, 11) is 0. The van der Waals surface area contributed by atoms with Crippen LogP contribution in [0, 0.1) is 0 Å². The second-order valence-electron chi connectivity index (χ2n) is 4.65. The number of hydrogen-bond donors (Lipinski definition) is 1. The second-order valence-corrected chi connectivity index (χ2v) is 5.06. The van der Waals surface area contributed by atoms with Crippen molar-refractivity contribution in [2.24, 2.45) is 0 Å². The maximum absolute atomic E-state index is 6.34. The molecule has 0 unspecified atom stereocenters. The second kappa shape index (κ2) is 4.35. The lowest BCUT2D eigenvalue weighted by molar-refractivity contribution is 0.173. The maximum atomic E-state index is 6.34. The number of nitrogens with zero attached hydrogens (tertiary/aromatic N) is 1. The number of rotatable bonds is 2. The first-order valence-electron chi connectivity index (χ1n) is 5.92. The Morgan fingerprint density at radius 3 is 2.74 bits per heavy atom. The normalized spacial score (nSPS) is 13.3. The summed E-state index contributed by atoms with van der Waals surface area (Å²) in [5, 5.41) is 4.23. The van der Waals surface area contributed by atoms with Gasteiger partial charge in [0.25, 0.3) is 0 Å². The molecular weight excluding hydrogens is 268 g/mol. The predicted octanol–water partition coefficient (Wildman–Crippen LogP) is 3.43. The largest absolute Gasteiger partial charge is 0.454 e. The Kier molecular flexibility index (Phi) is 2.78. The Balaban J connectivity index is 2.29. The molecule has 0 saturated carbocycles. The van der Waals surface area contributed by atoms with Crippen molar-refractivity contribution in [3.05, 3.63) is 22.7 Å². The highest BCUT2D eigenvalue weighted by molar-refractivity contribution is 6.33. The Morgan fingerprint density at radius 1 is 1.32 bits per heavy atom. The summed E-state index contributed by atoms with van der Waals surface area (Å²) in [6.07, 6.45) is 0. The highest BCUT2D eigenvalue weighted by atomic mass is 35.5. The number of hydrogen-bond acceptors (Lipinski definition) is 5. The van der Waals surface area contributed by atoms with Crippen molar-refractivity contribution in [3.8, 4) is 22.8 Å². The molecule has 0 bridgehead atoms. The van der Waals surface area contributed by atoms with Crippen molar-refractivity contribution in [2.45, 2.75) is 19.8 Å². The van der Waals surface area contributed by atoms with Gasteiger partial charge in [-0.3, -0.25) is 0 Å². The van der Waals surface area contributed by atoms with Crippen LogP contribution in [0.2, 0.25) is 5.02 Å². The molecule has 2 N–H and O–H groups in total. The molecule has 0 amide bonds. The molecule has 1 aromatic carbocycles.